The number of rotatable bonds is 15. The third-order valence-corrected chi connectivity index (χ3v) is 15.5. The minimum absolute atomic E-state index is 0.00856. The third-order valence-electron chi connectivity index (χ3n) is 12.7. The smallest absolute Gasteiger partial charge is 0.261 e. The number of piperazine rings is 1. The highest BCUT2D eigenvalue weighted by atomic mass is 32.2. The molecule has 0 atom stereocenters. The molecule has 2 amide bonds. The van der Waals surface area contributed by atoms with Gasteiger partial charge in [0.2, 0.25) is 0 Å². The number of aromatic nitrogens is 1. The first kappa shape index (κ1) is 49.3. The maximum absolute atomic E-state index is 14.5. The monoisotopic (exact) mass is 985 g/mol. The molecule has 5 aromatic carbocycles. The van der Waals surface area contributed by atoms with Crippen LogP contribution in [0.3, 0.4) is 0 Å². The SMILES string of the molecule is CCOc1ccc(NS(=O)(=O)c2cc(C(=O)N3CCN(c4ccccn4)CC3)c(C)c(-c3ccc(N4CCCN(C(=O)c5cccc(S(=O)(=O)Nc6ccc(C(C)C)cc6)c5)CC4)c(OC)c3)c2)cc1. The average molecular weight is 986 g/mol. The largest absolute Gasteiger partial charge is 0.495 e. The molecule has 0 radical (unpaired) electrons. The molecule has 0 bridgehead atoms. The molecule has 70 heavy (non-hydrogen) atoms. The molecule has 6 aromatic rings. The van der Waals surface area contributed by atoms with E-state index in [1.165, 1.54) is 18.2 Å². The number of benzene rings is 5. The number of methoxy groups -OCH3 is 1. The Kier molecular flexibility index (Phi) is 15.0. The van der Waals surface area contributed by atoms with Crippen LogP contribution in [0.1, 0.15) is 65.0 Å². The van der Waals surface area contributed by atoms with Crippen molar-refractivity contribution in [3.63, 3.8) is 0 Å². The highest BCUT2D eigenvalue weighted by Gasteiger charge is 2.29. The summed E-state index contributed by atoms with van der Waals surface area (Å²) in [4.78, 5) is 40.6. The first-order chi connectivity index (χ1) is 33.6. The number of carbonyl (C=O) groups is 2. The molecule has 2 aliphatic rings. The van der Waals surface area contributed by atoms with Crippen LogP contribution in [0.4, 0.5) is 22.9 Å². The highest BCUT2D eigenvalue weighted by Crippen LogP contribution is 2.38. The summed E-state index contributed by atoms with van der Waals surface area (Å²) in [5.41, 5.74) is 4.99. The Morgan fingerprint density at radius 3 is 1.97 bits per heavy atom. The van der Waals surface area contributed by atoms with E-state index in [9.17, 15) is 26.4 Å². The van der Waals surface area contributed by atoms with Crippen LogP contribution >= 0.6 is 0 Å². The summed E-state index contributed by atoms with van der Waals surface area (Å²) in [6.07, 6.45) is 2.37. The Morgan fingerprint density at radius 1 is 0.671 bits per heavy atom. The summed E-state index contributed by atoms with van der Waals surface area (Å²) < 4.78 is 72.2. The molecule has 2 saturated heterocycles. The number of sulfonamides is 2. The maximum atomic E-state index is 14.5. The second-order valence-electron chi connectivity index (χ2n) is 17.6. The molecule has 366 valence electrons. The van der Waals surface area contributed by atoms with Gasteiger partial charge >= 0.3 is 0 Å². The van der Waals surface area contributed by atoms with Gasteiger partial charge in [0.25, 0.3) is 31.9 Å². The molecule has 1 aromatic heterocycles. The van der Waals surface area contributed by atoms with E-state index in [2.05, 4.69) is 38.1 Å². The molecule has 15 nitrogen and oxygen atoms in total. The van der Waals surface area contributed by atoms with E-state index in [1.807, 2.05) is 62.4 Å². The van der Waals surface area contributed by atoms with Gasteiger partial charge in [-0.3, -0.25) is 19.0 Å². The standard InChI is InChI=1S/C53H59N7O8S2/c1-6-68-44-21-19-43(20-22-44)56-70(65,66)46-35-47(38(4)48(36-46)53(62)60-31-28-58(29-32-60)51-13-7-8-24-54-51)40-16-23-49(50(34-40)67-5)57-25-10-26-59(30-27-57)52(61)41-11-9-12-45(33-41)69(63,64)55-42-17-14-39(15-18-42)37(2)3/h7-9,11-24,33-37,55-56H,6,10,25-32H2,1-5H3. The molecule has 0 aliphatic carbocycles. The Balaban J connectivity index is 1.03. The molecule has 17 heteroatoms. The topological polar surface area (TPSA) is 171 Å². The molecule has 8 rings (SSSR count). The van der Waals surface area contributed by atoms with Crippen molar-refractivity contribution in [3.05, 3.63) is 150 Å². The molecule has 0 spiro atoms. The van der Waals surface area contributed by atoms with Crippen molar-refractivity contribution >= 4 is 54.7 Å². The van der Waals surface area contributed by atoms with Gasteiger partial charge < -0.3 is 29.1 Å². The predicted molar refractivity (Wildman–Crippen MR) is 274 cm³/mol. The molecule has 2 aliphatic heterocycles. The first-order valence-electron chi connectivity index (χ1n) is 23.4. The Labute approximate surface area is 411 Å². The fourth-order valence-corrected chi connectivity index (χ4v) is 11.0. The van der Waals surface area contributed by atoms with Crippen LogP contribution in [0.5, 0.6) is 11.5 Å². The maximum Gasteiger partial charge on any atom is 0.261 e. The van der Waals surface area contributed by atoms with E-state index >= 15 is 0 Å². The lowest BCUT2D eigenvalue weighted by Crippen LogP contribution is -2.49. The summed E-state index contributed by atoms with van der Waals surface area (Å²) in [6.45, 7) is 12.2. The van der Waals surface area contributed by atoms with Crippen molar-refractivity contribution < 1.29 is 35.9 Å². The number of nitrogens with one attached hydrogen (secondary N) is 2. The van der Waals surface area contributed by atoms with Crippen LogP contribution < -0.4 is 28.7 Å². The fourth-order valence-electron chi connectivity index (χ4n) is 8.81. The number of nitrogens with zero attached hydrogens (tertiary/aromatic N) is 5. The lowest BCUT2D eigenvalue weighted by atomic mass is 9.95. The minimum atomic E-state index is -4.20. The quantitative estimate of drug-likeness (QED) is 0.101. The highest BCUT2D eigenvalue weighted by molar-refractivity contribution is 7.93. The zero-order chi connectivity index (χ0) is 49.6. The zero-order valence-electron chi connectivity index (χ0n) is 40.1. The molecule has 3 heterocycles. The van der Waals surface area contributed by atoms with Gasteiger partial charge in [0.15, 0.2) is 0 Å². The van der Waals surface area contributed by atoms with Gasteiger partial charge in [-0.25, -0.2) is 21.8 Å². The fraction of sp³-hybridized carbons (Fsp3) is 0.302. The van der Waals surface area contributed by atoms with Crippen molar-refractivity contribution in [2.75, 3.05) is 85.3 Å². The van der Waals surface area contributed by atoms with Crippen molar-refractivity contribution in [2.45, 2.75) is 49.8 Å². The number of hydrogen-bond donors (Lipinski definition) is 2. The van der Waals surface area contributed by atoms with E-state index in [0.717, 1.165) is 17.1 Å². The van der Waals surface area contributed by atoms with Crippen molar-refractivity contribution in [2.24, 2.45) is 0 Å². The number of amides is 2. The van der Waals surface area contributed by atoms with Crippen LogP contribution in [0, 0.1) is 6.92 Å². The van der Waals surface area contributed by atoms with Gasteiger partial charge in [-0.1, -0.05) is 44.2 Å². The van der Waals surface area contributed by atoms with Crippen LogP contribution in [0.15, 0.2) is 137 Å². The number of pyridine rings is 1. The lowest BCUT2D eigenvalue weighted by Gasteiger charge is -2.35. The lowest BCUT2D eigenvalue weighted by molar-refractivity contribution is 0.0743. The van der Waals surface area contributed by atoms with Crippen LogP contribution in [0.25, 0.3) is 11.1 Å². The normalized spacial score (nSPS) is 14.5. The second kappa shape index (κ2) is 21.3. The zero-order valence-corrected chi connectivity index (χ0v) is 41.7. The predicted octanol–water partition coefficient (Wildman–Crippen LogP) is 8.50. The second-order valence-corrected chi connectivity index (χ2v) is 21.0. The summed E-state index contributed by atoms with van der Waals surface area (Å²) in [6, 6.07) is 34.4. The van der Waals surface area contributed by atoms with E-state index in [1.54, 1.807) is 77.7 Å². The Bertz CT molecular complexity index is 3060. The average Bonchev–Trinajstić information content (AvgIpc) is 3.63. The van der Waals surface area contributed by atoms with E-state index < -0.39 is 20.0 Å². The Morgan fingerprint density at radius 2 is 1.33 bits per heavy atom. The van der Waals surface area contributed by atoms with Crippen LogP contribution in [-0.2, 0) is 20.0 Å². The van der Waals surface area contributed by atoms with Crippen molar-refractivity contribution in [3.8, 4) is 22.6 Å². The van der Waals surface area contributed by atoms with Crippen LogP contribution in [-0.4, -0.2) is 110 Å². The molecular weight excluding hydrogens is 927 g/mol. The van der Waals surface area contributed by atoms with E-state index in [0.29, 0.717) is 111 Å². The summed E-state index contributed by atoms with van der Waals surface area (Å²) in [5.74, 6) is 1.72. The van der Waals surface area contributed by atoms with Crippen LogP contribution in [0.2, 0.25) is 0 Å². The van der Waals surface area contributed by atoms with Gasteiger partial charge in [-0.2, -0.15) is 0 Å². The summed E-state index contributed by atoms with van der Waals surface area (Å²) in [7, 11) is -6.60. The van der Waals surface area contributed by atoms with E-state index in [4.69, 9.17) is 9.47 Å². The van der Waals surface area contributed by atoms with Gasteiger partial charge in [-0.05, 0) is 139 Å². The molecular formula is C53H59N7O8S2. The summed E-state index contributed by atoms with van der Waals surface area (Å²) in [5, 5.41) is 0. The number of ether oxygens (including phenoxy) is 2. The minimum Gasteiger partial charge on any atom is -0.495 e. The third kappa shape index (κ3) is 11.2. The molecule has 0 unspecified atom stereocenters. The number of anilines is 4. The van der Waals surface area contributed by atoms with Gasteiger partial charge in [0, 0.05) is 81.1 Å². The number of hydrogen-bond acceptors (Lipinski definition) is 11. The van der Waals surface area contributed by atoms with Crippen molar-refractivity contribution in [1.29, 1.82) is 0 Å². The van der Waals surface area contributed by atoms with Crippen molar-refractivity contribution in [1.82, 2.24) is 14.8 Å². The molecule has 0 saturated carbocycles. The van der Waals surface area contributed by atoms with Gasteiger partial charge in [0.1, 0.15) is 17.3 Å². The van der Waals surface area contributed by atoms with Gasteiger partial charge in [-0.15, -0.1) is 0 Å². The molecule has 2 fully saturated rings. The van der Waals surface area contributed by atoms with Gasteiger partial charge in [0.05, 0.1) is 29.2 Å². The molecule has 2 N–H and O–H groups in total. The number of carbonyl (C=O) groups excluding carboxylic acids is 2. The van der Waals surface area contributed by atoms with E-state index in [-0.39, 0.29) is 32.7 Å². The summed E-state index contributed by atoms with van der Waals surface area (Å²) >= 11 is 0. The Hall–Kier alpha value is -7.11. The first-order valence-corrected chi connectivity index (χ1v) is 26.4.